The van der Waals surface area contributed by atoms with Crippen molar-refractivity contribution in [1.29, 1.82) is 0 Å². The highest BCUT2D eigenvalue weighted by Crippen LogP contribution is 2.12. The second-order valence-electron chi connectivity index (χ2n) is 4.61. The molecule has 1 saturated heterocycles. The predicted molar refractivity (Wildman–Crippen MR) is 67.7 cm³/mol. The summed E-state index contributed by atoms with van der Waals surface area (Å²) < 4.78 is 1.99. The molecule has 5 nitrogen and oxygen atoms in total. The van der Waals surface area contributed by atoms with Crippen LogP contribution in [-0.2, 0) is 13.1 Å². The second-order valence-corrected chi connectivity index (χ2v) is 4.61. The van der Waals surface area contributed by atoms with E-state index in [9.17, 15) is 0 Å². The highest BCUT2D eigenvalue weighted by atomic mass is 15.4. The smallest absolute Gasteiger partial charge is 0.141 e. The minimum Gasteiger partial charge on any atom is -0.314 e. The fourth-order valence-corrected chi connectivity index (χ4v) is 2.49. The number of piperazine rings is 1. The molecule has 2 heterocycles. The van der Waals surface area contributed by atoms with Gasteiger partial charge in [0, 0.05) is 32.2 Å². The Labute approximate surface area is 103 Å². The molecule has 96 valence electrons. The number of aromatic nitrogens is 3. The quantitative estimate of drug-likeness (QED) is 0.825. The van der Waals surface area contributed by atoms with Crippen LogP contribution in [0.2, 0.25) is 0 Å². The Kier molecular flexibility index (Phi) is 4.50. The van der Waals surface area contributed by atoms with Crippen molar-refractivity contribution in [1.82, 2.24) is 25.0 Å². The van der Waals surface area contributed by atoms with Crippen molar-refractivity contribution in [3.05, 3.63) is 12.2 Å². The van der Waals surface area contributed by atoms with Crippen molar-refractivity contribution in [2.75, 3.05) is 19.6 Å². The minimum absolute atomic E-state index is 0.649. The average molecular weight is 237 g/mol. The van der Waals surface area contributed by atoms with Crippen LogP contribution in [0.4, 0.5) is 0 Å². The van der Waals surface area contributed by atoms with E-state index in [1.54, 1.807) is 6.33 Å². The molecule has 1 aliphatic rings. The summed E-state index contributed by atoms with van der Waals surface area (Å²) in [6.07, 6.45) is 4.16. The Morgan fingerprint density at radius 2 is 2.35 bits per heavy atom. The van der Waals surface area contributed by atoms with Gasteiger partial charge in [0.25, 0.3) is 0 Å². The summed E-state index contributed by atoms with van der Waals surface area (Å²) in [5.41, 5.74) is 0. The van der Waals surface area contributed by atoms with Crippen LogP contribution in [0.25, 0.3) is 0 Å². The zero-order valence-corrected chi connectivity index (χ0v) is 10.9. The lowest BCUT2D eigenvalue weighted by molar-refractivity contribution is 0.138. The summed E-state index contributed by atoms with van der Waals surface area (Å²) in [4.78, 5) is 6.90. The molecule has 0 aromatic carbocycles. The van der Waals surface area contributed by atoms with Gasteiger partial charge in [-0.2, -0.15) is 5.10 Å². The molecular weight excluding hydrogens is 214 g/mol. The normalized spacial score (nSPS) is 21.9. The van der Waals surface area contributed by atoms with E-state index in [0.717, 1.165) is 38.5 Å². The molecule has 5 heteroatoms. The fourth-order valence-electron chi connectivity index (χ4n) is 2.49. The van der Waals surface area contributed by atoms with Crippen LogP contribution in [0, 0.1) is 0 Å². The van der Waals surface area contributed by atoms with Crippen molar-refractivity contribution in [3.8, 4) is 0 Å². The largest absolute Gasteiger partial charge is 0.314 e. The maximum atomic E-state index is 4.37. The van der Waals surface area contributed by atoms with Gasteiger partial charge in [-0.3, -0.25) is 4.90 Å². The number of hydrogen-bond acceptors (Lipinski definition) is 4. The zero-order valence-electron chi connectivity index (χ0n) is 10.9. The third-order valence-corrected chi connectivity index (χ3v) is 3.43. The fraction of sp³-hybridized carbons (Fsp3) is 0.833. The summed E-state index contributed by atoms with van der Waals surface area (Å²) in [6, 6.07) is 0.649. The third-order valence-electron chi connectivity index (χ3n) is 3.43. The minimum atomic E-state index is 0.649. The molecule has 2 rings (SSSR count). The van der Waals surface area contributed by atoms with Gasteiger partial charge in [-0.1, -0.05) is 13.3 Å². The van der Waals surface area contributed by atoms with E-state index in [1.807, 2.05) is 4.68 Å². The molecule has 1 aromatic heterocycles. The highest BCUT2D eigenvalue weighted by molar-refractivity contribution is 4.88. The van der Waals surface area contributed by atoms with E-state index in [0.29, 0.717) is 6.04 Å². The topological polar surface area (TPSA) is 46.0 Å². The van der Waals surface area contributed by atoms with Gasteiger partial charge in [-0.15, -0.1) is 0 Å². The molecule has 0 saturated carbocycles. The van der Waals surface area contributed by atoms with Gasteiger partial charge < -0.3 is 5.32 Å². The monoisotopic (exact) mass is 237 g/mol. The number of aryl methyl sites for hydroxylation is 1. The Balaban J connectivity index is 2.00. The molecular formula is C12H23N5. The van der Waals surface area contributed by atoms with Crippen molar-refractivity contribution in [2.24, 2.45) is 0 Å². The number of nitrogens with zero attached hydrogens (tertiary/aromatic N) is 4. The van der Waals surface area contributed by atoms with E-state index in [1.165, 1.54) is 12.8 Å². The number of hydrogen-bond donors (Lipinski definition) is 1. The Bertz CT molecular complexity index is 333. The molecule has 1 N–H and O–H groups in total. The van der Waals surface area contributed by atoms with Gasteiger partial charge in [0.15, 0.2) is 0 Å². The molecule has 1 aliphatic heterocycles. The van der Waals surface area contributed by atoms with E-state index < -0.39 is 0 Å². The molecule has 0 amide bonds. The molecule has 0 aliphatic carbocycles. The summed E-state index contributed by atoms with van der Waals surface area (Å²) in [6.45, 7) is 9.50. The molecule has 1 fully saturated rings. The van der Waals surface area contributed by atoms with Gasteiger partial charge >= 0.3 is 0 Å². The number of rotatable bonds is 5. The molecule has 0 radical (unpaired) electrons. The average Bonchev–Trinajstić information content (AvgIpc) is 2.79. The standard InChI is InChI=1S/C12H23N5/c1-3-5-11-8-13-6-7-16(11)9-12-14-10-15-17(12)4-2/h10-11,13H,3-9H2,1-2H3. The van der Waals surface area contributed by atoms with Gasteiger partial charge in [0.2, 0.25) is 0 Å². The SMILES string of the molecule is CCCC1CNCCN1Cc1ncnn1CC. The Hall–Kier alpha value is -0.940. The van der Waals surface area contributed by atoms with Crippen molar-refractivity contribution in [3.63, 3.8) is 0 Å². The lowest BCUT2D eigenvalue weighted by Gasteiger charge is -2.35. The van der Waals surface area contributed by atoms with Gasteiger partial charge in [0.1, 0.15) is 12.2 Å². The Morgan fingerprint density at radius 1 is 1.47 bits per heavy atom. The molecule has 1 atom stereocenters. The van der Waals surface area contributed by atoms with Crippen LogP contribution >= 0.6 is 0 Å². The predicted octanol–water partition coefficient (Wildman–Crippen LogP) is 0.872. The second kappa shape index (κ2) is 6.12. The summed E-state index contributed by atoms with van der Waals surface area (Å²) in [7, 11) is 0. The molecule has 1 aromatic rings. The number of nitrogens with one attached hydrogen (secondary N) is 1. The zero-order chi connectivity index (χ0) is 12.1. The van der Waals surface area contributed by atoms with Crippen LogP contribution in [0.5, 0.6) is 0 Å². The van der Waals surface area contributed by atoms with Crippen molar-refractivity contribution < 1.29 is 0 Å². The third kappa shape index (κ3) is 3.04. The first-order valence-corrected chi connectivity index (χ1v) is 6.66. The first-order valence-electron chi connectivity index (χ1n) is 6.66. The van der Waals surface area contributed by atoms with Gasteiger partial charge in [-0.25, -0.2) is 9.67 Å². The van der Waals surface area contributed by atoms with Gasteiger partial charge in [0.05, 0.1) is 6.54 Å². The summed E-state index contributed by atoms with van der Waals surface area (Å²) >= 11 is 0. The van der Waals surface area contributed by atoms with E-state index >= 15 is 0 Å². The molecule has 0 bridgehead atoms. The van der Waals surface area contributed by atoms with Crippen molar-refractivity contribution in [2.45, 2.75) is 45.8 Å². The highest BCUT2D eigenvalue weighted by Gasteiger charge is 2.22. The summed E-state index contributed by atoms with van der Waals surface area (Å²) in [5, 5.41) is 7.71. The van der Waals surface area contributed by atoms with Crippen LogP contribution in [0.15, 0.2) is 6.33 Å². The molecule has 1 unspecified atom stereocenters. The summed E-state index contributed by atoms with van der Waals surface area (Å²) in [5.74, 6) is 1.09. The van der Waals surface area contributed by atoms with Crippen molar-refractivity contribution >= 4 is 0 Å². The van der Waals surface area contributed by atoms with Crippen LogP contribution in [0.3, 0.4) is 0 Å². The molecule has 0 spiro atoms. The first-order chi connectivity index (χ1) is 8.35. The van der Waals surface area contributed by atoms with Crippen LogP contribution in [-0.4, -0.2) is 45.3 Å². The first kappa shape index (κ1) is 12.5. The van der Waals surface area contributed by atoms with E-state index in [4.69, 9.17) is 0 Å². The van der Waals surface area contributed by atoms with Gasteiger partial charge in [-0.05, 0) is 13.3 Å². The maximum absolute atomic E-state index is 4.37. The lowest BCUT2D eigenvalue weighted by atomic mass is 10.1. The van der Waals surface area contributed by atoms with Crippen LogP contribution in [0.1, 0.15) is 32.5 Å². The maximum Gasteiger partial charge on any atom is 0.141 e. The van der Waals surface area contributed by atoms with E-state index in [-0.39, 0.29) is 0 Å². The Morgan fingerprint density at radius 3 is 3.12 bits per heavy atom. The van der Waals surface area contributed by atoms with E-state index in [2.05, 4.69) is 34.1 Å². The van der Waals surface area contributed by atoms with Crippen LogP contribution < -0.4 is 5.32 Å². The lowest BCUT2D eigenvalue weighted by Crippen LogP contribution is -2.50. The molecule has 17 heavy (non-hydrogen) atoms.